The maximum absolute atomic E-state index is 12.1. The number of aromatic carboxylic acids is 1. The van der Waals surface area contributed by atoms with Crippen LogP contribution in [0.5, 0.6) is 5.75 Å². The zero-order chi connectivity index (χ0) is 14.7. The summed E-state index contributed by atoms with van der Waals surface area (Å²) in [6, 6.07) is 3.92. The van der Waals surface area contributed by atoms with E-state index in [1.165, 1.54) is 25.3 Å². The third kappa shape index (κ3) is 2.91. The van der Waals surface area contributed by atoms with Gasteiger partial charge in [0.15, 0.2) is 0 Å². The van der Waals surface area contributed by atoms with E-state index in [9.17, 15) is 14.7 Å². The Morgan fingerprint density at radius 3 is 2.60 bits per heavy atom. The van der Waals surface area contributed by atoms with Crippen LogP contribution >= 0.6 is 0 Å². The van der Waals surface area contributed by atoms with E-state index in [0.29, 0.717) is 5.69 Å². The van der Waals surface area contributed by atoms with Crippen molar-refractivity contribution in [2.45, 2.75) is 25.4 Å². The van der Waals surface area contributed by atoms with Gasteiger partial charge in [-0.2, -0.15) is 0 Å². The van der Waals surface area contributed by atoms with Gasteiger partial charge < -0.3 is 20.3 Å². The average Bonchev–Trinajstić information content (AvgIpc) is 2.35. The predicted octanol–water partition coefficient (Wildman–Crippen LogP) is 1.84. The van der Waals surface area contributed by atoms with E-state index in [4.69, 9.17) is 9.84 Å². The quantitative estimate of drug-likeness (QED) is 0.715. The van der Waals surface area contributed by atoms with Gasteiger partial charge in [0.25, 0.3) is 5.91 Å². The van der Waals surface area contributed by atoms with Gasteiger partial charge in [0.1, 0.15) is 17.4 Å². The lowest BCUT2D eigenvalue weighted by atomic mass is 9.80. The van der Waals surface area contributed by atoms with Crippen LogP contribution in [0.25, 0.3) is 0 Å². The van der Waals surface area contributed by atoms with E-state index in [1.807, 2.05) is 0 Å². The molecule has 0 aliphatic heterocycles. The van der Waals surface area contributed by atoms with Crippen LogP contribution in [0.2, 0.25) is 0 Å². The molecule has 108 valence electrons. The molecular formula is C14H17NO5. The van der Waals surface area contributed by atoms with Gasteiger partial charge >= 0.3 is 5.97 Å². The smallest absolute Gasteiger partial charge is 0.339 e. The fourth-order valence-corrected chi connectivity index (χ4v) is 2.25. The second kappa shape index (κ2) is 5.92. The fraction of sp³-hybridized carbons (Fsp3) is 0.429. The van der Waals surface area contributed by atoms with Crippen LogP contribution in [0.1, 0.15) is 29.6 Å². The zero-order valence-electron chi connectivity index (χ0n) is 11.1. The van der Waals surface area contributed by atoms with Crippen LogP contribution in [-0.2, 0) is 9.53 Å². The van der Waals surface area contributed by atoms with Crippen molar-refractivity contribution in [1.82, 2.24) is 0 Å². The summed E-state index contributed by atoms with van der Waals surface area (Å²) in [4.78, 5) is 23.0. The van der Waals surface area contributed by atoms with Gasteiger partial charge in [-0.15, -0.1) is 0 Å². The molecule has 20 heavy (non-hydrogen) atoms. The van der Waals surface area contributed by atoms with Crippen molar-refractivity contribution in [3.05, 3.63) is 23.8 Å². The number of hydrogen-bond acceptors (Lipinski definition) is 4. The minimum atomic E-state index is -1.25. The summed E-state index contributed by atoms with van der Waals surface area (Å²) in [5.74, 6) is -1.66. The van der Waals surface area contributed by atoms with Crippen molar-refractivity contribution < 1.29 is 24.5 Å². The Balaban J connectivity index is 2.10. The highest BCUT2D eigenvalue weighted by atomic mass is 16.5. The molecule has 0 saturated heterocycles. The standard InChI is InChI=1S/C14H17NO5/c1-20-12(8-3-2-4-8)13(17)15-9-5-6-11(16)10(7-9)14(18)19/h5-8,12,16H,2-4H2,1H3,(H,15,17)(H,18,19). The molecule has 1 saturated carbocycles. The number of ether oxygens (including phenoxy) is 1. The van der Waals surface area contributed by atoms with Crippen molar-refractivity contribution in [2.24, 2.45) is 5.92 Å². The monoisotopic (exact) mass is 279 g/mol. The number of carboxylic acids is 1. The van der Waals surface area contributed by atoms with Gasteiger partial charge in [-0.3, -0.25) is 4.79 Å². The lowest BCUT2D eigenvalue weighted by Gasteiger charge is -2.31. The third-order valence-electron chi connectivity index (χ3n) is 3.58. The minimum Gasteiger partial charge on any atom is -0.507 e. The number of carboxylic acid groups (broad SMARTS) is 1. The van der Waals surface area contributed by atoms with Gasteiger partial charge in [0, 0.05) is 12.8 Å². The molecule has 3 N–H and O–H groups in total. The molecular weight excluding hydrogens is 262 g/mol. The van der Waals surface area contributed by atoms with E-state index in [1.54, 1.807) is 0 Å². The summed E-state index contributed by atoms with van der Waals surface area (Å²) in [7, 11) is 1.49. The summed E-state index contributed by atoms with van der Waals surface area (Å²) in [6.45, 7) is 0. The molecule has 1 atom stereocenters. The van der Waals surface area contributed by atoms with Gasteiger partial charge in [0.2, 0.25) is 0 Å². The average molecular weight is 279 g/mol. The number of amides is 1. The Morgan fingerprint density at radius 2 is 2.10 bits per heavy atom. The van der Waals surface area contributed by atoms with Crippen molar-refractivity contribution >= 4 is 17.6 Å². The van der Waals surface area contributed by atoms with Crippen LogP contribution < -0.4 is 5.32 Å². The number of aromatic hydroxyl groups is 1. The number of rotatable bonds is 5. The van der Waals surface area contributed by atoms with E-state index < -0.39 is 12.1 Å². The lowest BCUT2D eigenvalue weighted by Crippen LogP contribution is -2.39. The Kier molecular flexibility index (Phi) is 4.24. The molecule has 1 unspecified atom stereocenters. The Bertz CT molecular complexity index is 524. The summed E-state index contributed by atoms with van der Waals surface area (Å²) < 4.78 is 5.21. The van der Waals surface area contributed by atoms with Gasteiger partial charge in [-0.05, 0) is 37.0 Å². The first-order chi connectivity index (χ1) is 9.52. The molecule has 0 bridgehead atoms. The molecule has 6 heteroatoms. The first-order valence-corrected chi connectivity index (χ1v) is 6.43. The Labute approximate surface area is 116 Å². The molecule has 1 amide bonds. The van der Waals surface area contributed by atoms with Crippen molar-refractivity contribution in [3.63, 3.8) is 0 Å². The summed E-state index contributed by atoms with van der Waals surface area (Å²) in [6.07, 6.45) is 2.50. The highest BCUT2D eigenvalue weighted by Crippen LogP contribution is 2.31. The molecule has 0 spiro atoms. The highest BCUT2D eigenvalue weighted by Gasteiger charge is 2.32. The first kappa shape index (κ1) is 14.3. The maximum Gasteiger partial charge on any atom is 0.339 e. The van der Waals surface area contributed by atoms with E-state index in [0.717, 1.165) is 19.3 Å². The SMILES string of the molecule is COC(C(=O)Nc1ccc(O)c(C(=O)O)c1)C1CCC1. The van der Waals surface area contributed by atoms with Crippen molar-refractivity contribution in [1.29, 1.82) is 0 Å². The number of anilines is 1. The molecule has 1 fully saturated rings. The first-order valence-electron chi connectivity index (χ1n) is 6.43. The van der Waals surface area contributed by atoms with Crippen LogP contribution in [0.3, 0.4) is 0 Å². The van der Waals surface area contributed by atoms with Crippen LogP contribution in [0.4, 0.5) is 5.69 Å². The number of phenols is 1. The van der Waals surface area contributed by atoms with E-state index >= 15 is 0 Å². The molecule has 6 nitrogen and oxygen atoms in total. The van der Waals surface area contributed by atoms with Gasteiger partial charge in [-0.1, -0.05) is 6.42 Å². The van der Waals surface area contributed by atoms with Crippen LogP contribution in [-0.4, -0.2) is 35.3 Å². The molecule has 1 aromatic rings. The van der Waals surface area contributed by atoms with Crippen molar-refractivity contribution in [2.75, 3.05) is 12.4 Å². The largest absolute Gasteiger partial charge is 0.507 e. The summed E-state index contributed by atoms with van der Waals surface area (Å²) >= 11 is 0. The second-order valence-electron chi connectivity index (χ2n) is 4.87. The molecule has 0 heterocycles. The summed E-state index contributed by atoms with van der Waals surface area (Å²) in [5.41, 5.74) is 0.0759. The lowest BCUT2D eigenvalue weighted by molar-refractivity contribution is -0.130. The summed E-state index contributed by atoms with van der Waals surface area (Å²) in [5, 5.41) is 21.0. The minimum absolute atomic E-state index is 0.219. The molecule has 1 aromatic carbocycles. The predicted molar refractivity (Wildman–Crippen MR) is 71.8 cm³/mol. The van der Waals surface area contributed by atoms with E-state index in [2.05, 4.69) is 5.32 Å². The fourth-order valence-electron chi connectivity index (χ4n) is 2.25. The third-order valence-corrected chi connectivity index (χ3v) is 3.58. The Morgan fingerprint density at radius 1 is 1.40 bits per heavy atom. The molecule has 0 aromatic heterocycles. The maximum atomic E-state index is 12.1. The van der Waals surface area contributed by atoms with E-state index in [-0.39, 0.29) is 23.1 Å². The van der Waals surface area contributed by atoms with Crippen LogP contribution in [0, 0.1) is 5.92 Å². The molecule has 1 aliphatic carbocycles. The van der Waals surface area contributed by atoms with Crippen LogP contribution in [0.15, 0.2) is 18.2 Å². The number of nitrogens with one attached hydrogen (secondary N) is 1. The van der Waals surface area contributed by atoms with Gasteiger partial charge in [-0.25, -0.2) is 4.79 Å². The number of carbonyl (C=O) groups excluding carboxylic acids is 1. The number of carbonyl (C=O) groups is 2. The van der Waals surface area contributed by atoms with Gasteiger partial charge in [0.05, 0.1) is 0 Å². The topological polar surface area (TPSA) is 95.9 Å². The number of hydrogen-bond donors (Lipinski definition) is 3. The number of benzene rings is 1. The highest BCUT2D eigenvalue weighted by molar-refractivity contribution is 5.97. The number of methoxy groups -OCH3 is 1. The molecule has 1 aliphatic rings. The molecule has 0 radical (unpaired) electrons. The van der Waals surface area contributed by atoms with Crippen molar-refractivity contribution in [3.8, 4) is 5.75 Å². The zero-order valence-corrected chi connectivity index (χ0v) is 11.1. The molecule has 2 rings (SSSR count). The second-order valence-corrected chi connectivity index (χ2v) is 4.87. The normalized spacial score (nSPS) is 16.2. The Hall–Kier alpha value is -2.08.